The summed E-state index contributed by atoms with van der Waals surface area (Å²) in [6.07, 6.45) is 0.884. The highest BCUT2D eigenvalue weighted by Gasteiger charge is 2.22. The summed E-state index contributed by atoms with van der Waals surface area (Å²) in [5.41, 5.74) is 2.21. The van der Waals surface area contributed by atoms with E-state index in [1.165, 1.54) is 12.1 Å². The smallest absolute Gasteiger partial charge is 0.251 e. The molecule has 6 nitrogen and oxygen atoms in total. The normalized spacial score (nSPS) is 15.3. The molecule has 174 valence electrons. The Labute approximate surface area is 190 Å². The van der Waals surface area contributed by atoms with Gasteiger partial charge in [0.1, 0.15) is 5.82 Å². The average molecular weight is 444 g/mol. The fourth-order valence-corrected chi connectivity index (χ4v) is 3.81. The summed E-state index contributed by atoms with van der Waals surface area (Å²) in [5, 5.41) is 3.02. The van der Waals surface area contributed by atoms with Crippen molar-refractivity contribution in [3.63, 3.8) is 0 Å². The Morgan fingerprint density at radius 1 is 1.06 bits per heavy atom. The molecule has 0 bridgehead atoms. The molecule has 3 rings (SSSR count). The number of carbonyl (C=O) groups excluding carboxylic acids is 1. The van der Waals surface area contributed by atoms with E-state index < -0.39 is 0 Å². The fourth-order valence-electron chi connectivity index (χ4n) is 3.81. The number of anilines is 1. The molecule has 1 unspecified atom stereocenters. The predicted octanol–water partition coefficient (Wildman–Crippen LogP) is 4.26. The van der Waals surface area contributed by atoms with Crippen molar-refractivity contribution in [3.05, 3.63) is 53.3 Å². The van der Waals surface area contributed by atoms with Crippen molar-refractivity contribution >= 4 is 11.6 Å². The molecule has 1 saturated heterocycles. The first-order valence-electron chi connectivity index (χ1n) is 11.4. The van der Waals surface area contributed by atoms with Gasteiger partial charge in [0, 0.05) is 43.0 Å². The summed E-state index contributed by atoms with van der Waals surface area (Å²) in [4.78, 5) is 17.5. The SMILES string of the molecule is CCCOc1ccc(C(=O)NC(C)c2cc(F)ccc2N2CCN(C)CC2)cc1OCC. The number of amides is 1. The number of nitrogens with zero attached hydrogens (tertiary/aromatic N) is 2. The third-order valence-electron chi connectivity index (χ3n) is 5.62. The molecular weight excluding hydrogens is 409 g/mol. The van der Waals surface area contributed by atoms with Crippen LogP contribution in [0.4, 0.5) is 10.1 Å². The fraction of sp³-hybridized carbons (Fsp3) is 0.480. The largest absolute Gasteiger partial charge is 0.490 e. The molecule has 1 fully saturated rings. The van der Waals surface area contributed by atoms with Crippen LogP contribution in [0.25, 0.3) is 0 Å². The molecule has 1 heterocycles. The Bertz CT molecular complexity index is 913. The Hall–Kier alpha value is -2.80. The molecular formula is C25H34FN3O3. The predicted molar refractivity (Wildman–Crippen MR) is 125 cm³/mol. The lowest BCUT2D eigenvalue weighted by atomic mass is 10.0. The lowest BCUT2D eigenvalue weighted by Crippen LogP contribution is -2.45. The summed E-state index contributed by atoms with van der Waals surface area (Å²) >= 11 is 0. The minimum atomic E-state index is -0.362. The molecule has 7 heteroatoms. The van der Waals surface area contributed by atoms with E-state index in [4.69, 9.17) is 9.47 Å². The van der Waals surface area contributed by atoms with Gasteiger partial charge >= 0.3 is 0 Å². The lowest BCUT2D eigenvalue weighted by molar-refractivity contribution is 0.0939. The summed E-state index contributed by atoms with van der Waals surface area (Å²) in [7, 11) is 2.10. The molecule has 1 aliphatic rings. The first kappa shape index (κ1) is 23.9. The number of hydrogen-bond donors (Lipinski definition) is 1. The molecule has 0 spiro atoms. The third kappa shape index (κ3) is 5.91. The standard InChI is InChI=1S/C25H34FN3O3/c1-5-15-32-23-10-7-19(16-24(23)31-6-2)25(30)27-18(3)21-17-20(26)8-9-22(21)29-13-11-28(4)12-14-29/h7-10,16-18H,5-6,11-15H2,1-4H3,(H,27,30). The van der Waals surface area contributed by atoms with Crippen LogP contribution in [-0.4, -0.2) is 57.2 Å². The molecule has 0 aromatic heterocycles. The number of halogens is 1. The zero-order valence-electron chi connectivity index (χ0n) is 19.5. The van der Waals surface area contributed by atoms with Gasteiger partial charge in [-0.2, -0.15) is 0 Å². The van der Waals surface area contributed by atoms with Crippen molar-refractivity contribution in [2.45, 2.75) is 33.2 Å². The highest BCUT2D eigenvalue weighted by Crippen LogP contribution is 2.31. The van der Waals surface area contributed by atoms with E-state index in [1.54, 1.807) is 18.2 Å². The maximum Gasteiger partial charge on any atom is 0.251 e. The molecule has 2 aromatic rings. The van der Waals surface area contributed by atoms with E-state index in [-0.39, 0.29) is 17.8 Å². The first-order valence-corrected chi connectivity index (χ1v) is 11.4. The number of piperazine rings is 1. The zero-order chi connectivity index (χ0) is 23.1. The van der Waals surface area contributed by atoms with Gasteiger partial charge in [0.15, 0.2) is 11.5 Å². The van der Waals surface area contributed by atoms with Crippen molar-refractivity contribution in [3.8, 4) is 11.5 Å². The summed E-state index contributed by atoms with van der Waals surface area (Å²) in [5.74, 6) is 0.620. The van der Waals surface area contributed by atoms with Gasteiger partial charge in [-0.3, -0.25) is 4.79 Å². The van der Waals surface area contributed by atoms with Crippen LogP contribution < -0.4 is 19.7 Å². The quantitative estimate of drug-likeness (QED) is 0.628. The Kier molecular flexibility index (Phi) is 8.33. The third-order valence-corrected chi connectivity index (χ3v) is 5.62. The Balaban J connectivity index is 1.78. The lowest BCUT2D eigenvalue weighted by Gasteiger charge is -2.36. The molecule has 32 heavy (non-hydrogen) atoms. The molecule has 0 radical (unpaired) electrons. The summed E-state index contributed by atoms with van der Waals surface area (Å²) < 4.78 is 25.5. The molecule has 1 amide bonds. The van der Waals surface area contributed by atoms with Crippen molar-refractivity contribution in [1.29, 1.82) is 0 Å². The Morgan fingerprint density at radius 2 is 1.81 bits per heavy atom. The minimum absolute atomic E-state index is 0.242. The monoisotopic (exact) mass is 443 g/mol. The zero-order valence-corrected chi connectivity index (χ0v) is 19.5. The molecule has 0 aliphatic carbocycles. The number of nitrogens with one attached hydrogen (secondary N) is 1. The molecule has 1 N–H and O–H groups in total. The van der Waals surface area contributed by atoms with Gasteiger partial charge in [-0.05, 0) is 63.7 Å². The minimum Gasteiger partial charge on any atom is -0.490 e. The maximum absolute atomic E-state index is 14.1. The second-order valence-corrected chi connectivity index (χ2v) is 8.13. The number of rotatable bonds is 9. The summed E-state index contributed by atoms with van der Waals surface area (Å²) in [6.45, 7) is 10.5. The average Bonchev–Trinajstić information content (AvgIpc) is 2.79. The first-order chi connectivity index (χ1) is 15.4. The van der Waals surface area contributed by atoms with Crippen molar-refractivity contribution in [2.75, 3.05) is 51.3 Å². The number of ether oxygens (including phenoxy) is 2. The van der Waals surface area contributed by atoms with E-state index in [2.05, 4.69) is 22.2 Å². The van der Waals surface area contributed by atoms with Gasteiger partial charge in [0.25, 0.3) is 5.91 Å². The summed E-state index contributed by atoms with van der Waals surface area (Å²) in [6, 6.07) is 9.64. The van der Waals surface area contributed by atoms with Gasteiger partial charge in [-0.1, -0.05) is 6.92 Å². The van der Waals surface area contributed by atoms with E-state index in [0.29, 0.717) is 30.3 Å². The second-order valence-electron chi connectivity index (χ2n) is 8.13. The second kappa shape index (κ2) is 11.2. The van der Waals surface area contributed by atoms with E-state index in [1.807, 2.05) is 26.8 Å². The van der Waals surface area contributed by atoms with Crippen molar-refractivity contribution in [1.82, 2.24) is 10.2 Å². The van der Waals surface area contributed by atoms with Crippen LogP contribution in [0.1, 0.15) is 49.2 Å². The molecule has 1 aliphatic heterocycles. The van der Waals surface area contributed by atoms with Gasteiger partial charge in [0.2, 0.25) is 0 Å². The molecule has 2 aromatic carbocycles. The van der Waals surface area contributed by atoms with Crippen LogP contribution in [0, 0.1) is 5.82 Å². The highest BCUT2D eigenvalue weighted by atomic mass is 19.1. The molecule has 1 atom stereocenters. The van der Waals surface area contributed by atoms with Crippen molar-refractivity contribution < 1.29 is 18.7 Å². The van der Waals surface area contributed by atoms with Crippen molar-refractivity contribution in [2.24, 2.45) is 0 Å². The number of hydrogen-bond acceptors (Lipinski definition) is 5. The van der Waals surface area contributed by atoms with E-state index in [0.717, 1.165) is 43.9 Å². The van der Waals surface area contributed by atoms with Crippen LogP contribution in [0.15, 0.2) is 36.4 Å². The molecule has 0 saturated carbocycles. The van der Waals surface area contributed by atoms with Crippen LogP contribution in [0.3, 0.4) is 0 Å². The van der Waals surface area contributed by atoms with Gasteiger partial charge < -0.3 is 24.6 Å². The Morgan fingerprint density at radius 3 is 2.50 bits per heavy atom. The van der Waals surface area contributed by atoms with Gasteiger partial charge in [-0.25, -0.2) is 4.39 Å². The van der Waals surface area contributed by atoms with Crippen LogP contribution in [0.5, 0.6) is 11.5 Å². The topological polar surface area (TPSA) is 54.0 Å². The van der Waals surface area contributed by atoms with E-state index in [9.17, 15) is 9.18 Å². The maximum atomic E-state index is 14.1. The van der Waals surface area contributed by atoms with E-state index >= 15 is 0 Å². The number of carbonyl (C=O) groups is 1. The van der Waals surface area contributed by atoms with Gasteiger partial charge in [-0.15, -0.1) is 0 Å². The number of benzene rings is 2. The van der Waals surface area contributed by atoms with Crippen LogP contribution >= 0.6 is 0 Å². The van der Waals surface area contributed by atoms with Gasteiger partial charge in [0.05, 0.1) is 19.3 Å². The highest BCUT2D eigenvalue weighted by molar-refractivity contribution is 5.95. The number of likely N-dealkylation sites (N-methyl/N-ethyl adjacent to an activating group) is 1. The van der Waals surface area contributed by atoms with Crippen LogP contribution in [0.2, 0.25) is 0 Å². The van der Waals surface area contributed by atoms with Crippen LogP contribution in [-0.2, 0) is 0 Å².